The van der Waals surface area contributed by atoms with Crippen LogP contribution in [0.3, 0.4) is 0 Å². The second kappa shape index (κ2) is 9.58. The van der Waals surface area contributed by atoms with Crippen molar-refractivity contribution in [1.82, 2.24) is 29.6 Å². The number of amides is 1. The molecule has 8 heteroatoms. The van der Waals surface area contributed by atoms with E-state index >= 15 is 0 Å². The van der Waals surface area contributed by atoms with Crippen molar-refractivity contribution in [2.45, 2.75) is 6.54 Å². The number of pyridine rings is 1. The smallest absolute Gasteiger partial charge is 0.254 e. The van der Waals surface area contributed by atoms with Crippen molar-refractivity contribution in [2.24, 2.45) is 0 Å². The molecule has 0 bridgehead atoms. The molecule has 36 heavy (non-hydrogen) atoms. The van der Waals surface area contributed by atoms with E-state index in [1.54, 1.807) is 24.7 Å². The molecule has 3 aromatic heterocycles. The van der Waals surface area contributed by atoms with Gasteiger partial charge in [0.1, 0.15) is 0 Å². The van der Waals surface area contributed by atoms with E-state index in [9.17, 15) is 4.79 Å². The van der Waals surface area contributed by atoms with Crippen LogP contribution < -0.4 is 4.90 Å². The zero-order valence-corrected chi connectivity index (χ0v) is 19.7. The Morgan fingerprint density at radius 1 is 0.833 bits per heavy atom. The molecule has 4 heterocycles. The van der Waals surface area contributed by atoms with Gasteiger partial charge in [0.2, 0.25) is 5.95 Å². The molecule has 1 amide bonds. The van der Waals surface area contributed by atoms with Gasteiger partial charge >= 0.3 is 0 Å². The average molecular weight is 476 g/mol. The van der Waals surface area contributed by atoms with Crippen molar-refractivity contribution >= 4 is 22.9 Å². The molecule has 6 rings (SSSR count). The Bertz CT molecular complexity index is 1480. The Balaban J connectivity index is 1.34. The van der Waals surface area contributed by atoms with Crippen molar-refractivity contribution in [2.75, 3.05) is 31.1 Å². The van der Waals surface area contributed by atoms with Crippen LogP contribution >= 0.6 is 0 Å². The van der Waals surface area contributed by atoms with Gasteiger partial charge in [-0.1, -0.05) is 60.7 Å². The lowest BCUT2D eigenvalue weighted by molar-refractivity contribution is 0.0748. The van der Waals surface area contributed by atoms with Crippen LogP contribution in [-0.4, -0.2) is 61.7 Å². The summed E-state index contributed by atoms with van der Waals surface area (Å²) >= 11 is 0. The Hall–Kier alpha value is -4.59. The van der Waals surface area contributed by atoms with Crippen molar-refractivity contribution in [3.05, 3.63) is 103 Å². The summed E-state index contributed by atoms with van der Waals surface area (Å²) < 4.78 is 1.87. The molecule has 1 fully saturated rings. The molecule has 2 aromatic carbocycles. The van der Waals surface area contributed by atoms with Crippen molar-refractivity contribution in [1.29, 1.82) is 0 Å². The van der Waals surface area contributed by atoms with E-state index in [0.29, 0.717) is 49.9 Å². The quantitative estimate of drug-likeness (QED) is 0.384. The average Bonchev–Trinajstić information content (AvgIpc) is 3.36. The summed E-state index contributed by atoms with van der Waals surface area (Å²) in [6.45, 7) is 3.14. The van der Waals surface area contributed by atoms with Crippen molar-refractivity contribution in [3.63, 3.8) is 0 Å². The minimum atomic E-state index is -0.00697. The number of anilines is 1. The lowest BCUT2D eigenvalue weighted by Gasteiger charge is -2.34. The first-order valence-corrected chi connectivity index (χ1v) is 12.0. The summed E-state index contributed by atoms with van der Waals surface area (Å²) in [7, 11) is 0. The second-order valence-electron chi connectivity index (χ2n) is 8.77. The van der Waals surface area contributed by atoms with Gasteiger partial charge in [0.15, 0.2) is 5.65 Å². The number of carbonyl (C=O) groups is 1. The van der Waals surface area contributed by atoms with Gasteiger partial charge in [-0.25, -0.2) is 19.6 Å². The zero-order valence-electron chi connectivity index (χ0n) is 19.7. The molecule has 0 aliphatic carbocycles. The van der Waals surface area contributed by atoms with E-state index in [4.69, 9.17) is 4.98 Å². The molecule has 0 N–H and O–H groups in total. The number of carbonyl (C=O) groups excluding carboxylic acids is 1. The van der Waals surface area contributed by atoms with Gasteiger partial charge in [-0.05, 0) is 17.7 Å². The van der Waals surface area contributed by atoms with E-state index in [1.165, 1.54) is 0 Å². The standard InChI is InChI=1S/C28H25N7O/c36-27(33-14-16-34(17-15-33)28-29-12-7-13-30-28)23-18-25(22-10-5-2-6-11-22)32-26-24(23)19-31-35(26)20-21-8-3-1-4-9-21/h1-13,18-19H,14-17,20H2. The molecule has 0 saturated carbocycles. The number of fused-ring (bicyclic) bond motifs is 1. The summed E-state index contributed by atoms with van der Waals surface area (Å²) in [5, 5.41) is 5.39. The predicted molar refractivity (Wildman–Crippen MR) is 139 cm³/mol. The first-order chi connectivity index (χ1) is 17.8. The molecule has 0 atom stereocenters. The molecule has 178 valence electrons. The summed E-state index contributed by atoms with van der Waals surface area (Å²) in [4.78, 5) is 31.5. The van der Waals surface area contributed by atoms with Gasteiger partial charge in [-0.15, -0.1) is 0 Å². The van der Waals surface area contributed by atoms with Crippen molar-refractivity contribution in [3.8, 4) is 11.3 Å². The lowest BCUT2D eigenvalue weighted by Crippen LogP contribution is -2.49. The van der Waals surface area contributed by atoms with Crippen LogP contribution in [0, 0.1) is 0 Å². The topological polar surface area (TPSA) is 80.0 Å². The van der Waals surface area contributed by atoms with Gasteiger partial charge in [-0.3, -0.25) is 4.79 Å². The van der Waals surface area contributed by atoms with E-state index in [0.717, 1.165) is 22.2 Å². The van der Waals surface area contributed by atoms with E-state index in [2.05, 4.69) is 32.1 Å². The summed E-state index contributed by atoms with van der Waals surface area (Å²) in [6, 6.07) is 23.8. The first-order valence-electron chi connectivity index (χ1n) is 12.0. The molecule has 0 unspecified atom stereocenters. The Labute approximate surface area is 208 Å². The third kappa shape index (κ3) is 4.29. The van der Waals surface area contributed by atoms with E-state index in [1.807, 2.05) is 64.2 Å². The van der Waals surface area contributed by atoms with Crippen LogP contribution in [-0.2, 0) is 6.54 Å². The fraction of sp³-hybridized carbons (Fsp3) is 0.179. The van der Waals surface area contributed by atoms with Gasteiger partial charge in [0.05, 0.1) is 29.4 Å². The highest BCUT2D eigenvalue weighted by Gasteiger charge is 2.26. The van der Waals surface area contributed by atoms with Crippen LogP contribution in [0.2, 0.25) is 0 Å². The van der Waals surface area contributed by atoms with Crippen molar-refractivity contribution < 1.29 is 4.79 Å². The Kier molecular flexibility index (Phi) is 5.83. The molecule has 0 radical (unpaired) electrons. The van der Waals surface area contributed by atoms with E-state index in [-0.39, 0.29) is 5.91 Å². The highest BCUT2D eigenvalue weighted by molar-refractivity contribution is 6.06. The fourth-order valence-corrected chi connectivity index (χ4v) is 4.59. The molecular weight excluding hydrogens is 450 g/mol. The summed E-state index contributed by atoms with van der Waals surface area (Å²) in [6.07, 6.45) is 5.25. The van der Waals surface area contributed by atoms with Gasteiger partial charge < -0.3 is 9.80 Å². The minimum absolute atomic E-state index is 0.00697. The van der Waals surface area contributed by atoms with Gasteiger partial charge in [-0.2, -0.15) is 5.10 Å². The number of aromatic nitrogens is 5. The largest absolute Gasteiger partial charge is 0.337 e. The monoisotopic (exact) mass is 475 g/mol. The van der Waals surface area contributed by atoms with Gasteiger partial charge in [0.25, 0.3) is 5.91 Å². The van der Waals surface area contributed by atoms with Crippen LogP contribution in [0.15, 0.2) is 91.4 Å². The molecule has 5 aromatic rings. The molecule has 1 saturated heterocycles. The van der Waals surface area contributed by atoms with Gasteiger partial charge in [0, 0.05) is 44.1 Å². The molecular formula is C28H25N7O. The molecule has 1 aliphatic rings. The highest BCUT2D eigenvalue weighted by Crippen LogP contribution is 2.27. The van der Waals surface area contributed by atoms with Crippen LogP contribution in [0.4, 0.5) is 5.95 Å². The SMILES string of the molecule is O=C(c1cc(-c2ccccc2)nc2c1cnn2Cc1ccccc1)N1CCN(c2ncccn2)CC1. The lowest BCUT2D eigenvalue weighted by atomic mass is 10.1. The maximum atomic E-state index is 13.8. The summed E-state index contributed by atoms with van der Waals surface area (Å²) in [5.74, 6) is 0.692. The number of rotatable bonds is 5. The summed E-state index contributed by atoms with van der Waals surface area (Å²) in [5.41, 5.74) is 4.19. The third-order valence-electron chi connectivity index (χ3n) is 6.49. The third-order valence-corrected chi connectivity index (χ3v) is 6.49. The minimum Gasteiger partial charge on any atom is -0.337 e. The maximum Gasteiger partial charge on any atom is 0.254 e. The van der Waals surface area contributed by atoms with Crippen LogP contribution in [0.25, 0.3) is 22.3 Å². The highest BCUT2D eigenvalue weighted by atomic mass is 16.2. The zero-order chi connectivity index (χ0) is 24.3. The molecule has 0 spiro atoms. The fourth-order valence-electron chi connectivity index (χ4n) is 4.59. The van der Waals surface area contributed by atoms with E-state index < -0.39 is 0 Å². The molecule has 1 aliphatic heterocycles. The van der Waals surface area contributed by atoms with Crippen LogP contribution in [0.5, 0.6) is 0 Å². The maximum absolute atomic E-state index is 13.8. The molecule has 8 nitrogen and oxygen atoms in total. The normalized spacial score (nSPS) is 13.8. The Morgan fingerprint density at radius 3 is 2.25 bits per heavy atom. The Morgan fingerprint density at radius 2 is 1.53 bits per heavy atom. The number of nitrogens with zero attached hydrogens (tertiary/aromatic N) is 7. The predicted octanol–water partition coefficient (Wildman–Crippen LogP) is 3.90. The second-order valence-corrected chi connectivity index (χ2v) is 8.77. The first kappa shape index (κ1) is 21.9. The number of piperazine rings is 1. The number of benzene rings is 2. The number of hydrogen-bond acceptors (Lipinski definition) is 6. The van der Waals surface area contributed by atoms with Crippen LogP contribution in [0.1, 0.15) is 15.9 Å². The number of hydrogen-bond donors (Lipinski definition) is 0.